The molecule has 0 unspecified atom stereocenters. The van der Waals surface area contributed by atoms with Crippen molar-refractivity contribution >= 4 is 35.5 Å². The lowest BCUT2D eigenvalue weighted by Crippen LogP contribution is -2.54. The van der Waals surface area contributed by atoms with Crippen LogP contribution in [0.25, 0.3) is 0 Å². The maximum atomic E-state index is 12.7. The van der Waals surface area contributed by atoms with E-state index in [1.807, 2.05) is 13.8 Å². The second kappa shape index (κ2) is 11.4. The van der Waals surface area contributed by atoms with Gasteiger partial charge in [0.1, 0.15) is 17.8 Å². The van der Waals surface area contributed by atoms with Crippen LogP contribution in [0.4, 0.5) is 0 Å². The summed E-state index contributed by atoms with van der Waals surface area (Å²) >= 11 is 6.17. The van der Waals surface area contributed by atoms with Gasteiger partial charge in [0.2, 0.25) is 0 Å². The van der Waals surface area contributed by atoms with Crippen molar-refractivity contribution in [3.8, 4) is 0 Å². The van der Waals surface area contributed by atoms with Crippen LogP contribution in [-0.4, -0.2) is 65.1 Å². The summed E-state index contributed by atoms with van der Waals surface area (Å²) in [6.07, 6.45) is 0.104. The molecule has 0 spiro atoms. The first-order valence-corrected chi connectivity index (χ1v) is 11.8. The van der Waals surface area contributed by atoms with E-state index in [0.29, 0.717) is 11.1 Å². The minimum atomic E-state index is -1.91. The van der Waals surface area contributed by atoms with E-state index in [9.17, 15) is 24.3 Å². The maximum Gasteiger partial charge on any atom is 0.310 e. The van der Waals surface area contributed by atoms with Crippen molar-refractivity contribution < 1.29 is 48.0 Å². The number of aliphatic hydroxyl groups is 1. The lowest BCUT2D eigenvalue weighted by molar-refractivity contribution is -0.204. The summed E-state index contributed by atoms with van der Waals surface area (Å²) in [5.41, 5.74) is -2.24. The summed E-state index contributed by atoms with van der Waals surface area (Å²) in [6.45, 7) is 9.09. The van der Waals surface area contributed by atoms with Gasteiger partial charge in [-0.15, -0.1) is 11.6 Å². The predicted molar refractivity (Wildman–Crippen MR) is 123 cm³/mol. The lowest BCUT2D eigenvalue weighted by Gasteiger charge is -2.39. The van der Waals surface area contributed by atoms with E-state index in [4.69, 9.17) is 35.3 Å². The van der Waals surface area contributed by atoms with E-state index in [0.717, 1.165) is 0 Å². The lowest BCUT2D eigenvalue weighted by atomic mass is 9.82. The highest BCUT2D eigenvalue weighted by molar-refractivity contribution is 6.18. The molecule has 35 heavy (non-hydrogen) atoms. The molecule has 0 fully saturated rings. The predicted octanol–water partition coefficient (Wildman–Crippen LogP) is 2.55. The van der Waals surface area contributed by atoms with Crippen LogP contribution >= 0.6 is 11.6 Å². The topological polar surface area (TPSA) is 135 Å². The zero-order valence-electron chi connectivity index (χ0n) is 20.8. The summed E-state index contributed by atoms with van der Waals surface area (Å²) in [5.74, 6) is -3.77. The van der Waals surface area contributed by atoms with Gasteiger partial charge in [-0.25, -0.2) is 0 Å². The smallest absolute Gasteiger partial charge is 0.310 e. The minimum Gasteiger partial charge on any atom is -0.461 e. The summed E-state index contributed by atoms with van der Waals surface area (Å²) < 4.78 is 26.9. The van der Waals surface area contributed by atoms with Gasteiger partial charge in [0.25, 0.3) is 6.29 Å². The maximum absolute atomic E-state index is 12.7. The number of carbonyl (C=O) groups excluding carboxylic acids is 4. The number of esters is 4. The molecule has 1 aliphatic carbocycles. The average Bonchev–Trinajstić information content (AvgIpc) is 2.98. The number of carbonyl (C=O) groups is 4. The molecule has 1 aliphatic heterocycles. The van der Waals surface area contributed by atoms with Crippen LogP contribution in [0.1, 0.15) is 54.4 Å². The van der Waals surface area contributed by atoms with Crippen molar-refractivity contribution in [1.29, 1.82) is 0 Å². The van der Waals surface area contributed by atoms with E-state index < -0.39 is 59.3 Å². The van der Waals surface area contributed by atoms with Gasteiger partial charge in [-0.05, 0) is 31.4 Å². The zero-order valence-corrected chi connectivity index (χ0v) is 21.5. The van der Waals surface area contributed by atoms with E-state index in [1.54, 1.807) is 13.8 Å². The number of rotatable bonds is 10. The third kappa shape index (κ3) is 7.44. The minimum absolute atomic E-state index is 0.0286. The van der Waals surface area contributed by atoms with Gasteiger partial charge in [-0.1, -0.05) is 13.8 Å². The van der Waals surface area contributed by atoms with Gasteiger partial charge >= 0.3 is 23.9 Å². The van der Waals surface area contributed by atoms with Gasteiger partial charge in [-0.2, -0.15) is 0 Å². The Hall–Kier alpha value is -2.59. The summed E-state index contributed by atoms with van der Waals surface area (Å²) in [7, 11) is 0. The van der Waals surface area contributed by atoms with Crippen molar-refractivity contribution in [1.82, 2.24) is 0 Å². The zero-order chi connectivity index (χ0) is 26.6. The molecular formula is C24H33ClO10. The normalized spacial score (nSPS) is 25.6. The van der Waals surface area contributed by atoms with Crippen LogP contribution in [0.2, 0.25) is 0 Å². The summed E-state index contributed by atoms with van der Waals surface area (Å²) in [6, 6.07) is 0. The van der Waals surface area contributed by atoms with Crippen LogP contribution in [-0.2, 0) is 42.9 Å². The standard InChI is InChI=1S/C24H33ClO10/c1-13(2)7-19(28)34-22-21-17(16(11-32-22)10-31-14(3)26)8-18(24(21,30)12-25)33-20(29)9-23(5,6)35-15(4)27/h8,11,13,18,21-22,30H,7,9-10,12H2,1-6H3/t18-,21+,22-,24+/m0/s1. The fraction of sp³-hybridized carbons (Fsp3) is 0.667. The Kier molecular flexibility index (Phi) is 9.36. The number of fused-ring (bicyclic) bond motifs is 1. The molecule has 0 saturated carbocycles. The Morgan fingerprint density at radius 1 is 1.14 bits per heavy atom. The second-order valence-corrected chi connectivity index (χ2v) is 9.95. The van der Waals surface area contributed by atoms with E-state index in [-0.39, 0.29) is 25.4 Å². The molecule has 0 aromatic carbocycles. The third-order valence-electron chi connectivity index (χ3n) is 5.40. The number of halogens is 1. The second-order valence-electron chi connectivity index (χ2n) is 9.68. The Balaban J connectivity index is 2.34. The molecule has 11 heteroatoms. The SMILES string of the molecule is CC(=O)OCC1=CO[C@@H](OC(=O)CC(C)C)[C@H]2C1=C[C@H](OC(=O)CC(C)(C)OC(C)=O)[C@]2(O)CCl. The van der Waals surface area contributed by atoms with Crippen molar-refractivity contribution in [2.24, 2.45) is 11.8 Å². The van der Waals surface area contributed by atoms with E-state index in [1.165, 1.54) is 26.2 Å². The molecule has 2 aliphatic rings. The van der Waals surface area contributed by atoms with Crippen LogP contribution in [0.3, 0.4) is 0 Å². The quantitative estimate of drug-likeness (QED) is 0.262. The molecule has 0 aromatic heterocycles. The molecule has 1 N–H and O–H groups in total. The largest absolute Gasteiger partial charge is 0.461 e. The van der Waals surface area contributed by atoms with Crippen molar-refractivity contribution in [2.75, 3.05) is 12.5 Å². The molecule has 10 nitrogen and oxygen atoms in total. The summed E-state index contributed by atoms with van der Waals surface area (Å²) in [5, 5.41) is 11.6. The first-order valence-electron chi connectivity index (χ1n) is 11.3. The van der Waals surface area contributed by atoms with Gasteiger partial charge in [-0.3, -0.25) is 19.2 Å². The number of hydrogen-bond acceptors (Lipinski definition) is 10. The number of ether oxygens (including phenoxy) is 5. The molecule has 0 bridgehead atoms. The van der Waals surface area contributed by atoms with Gasteiger partial charge in [0, 0.05) is 25.8 Å². The molecule has 0 saturated heterocycles. The highest BCUT2D eigenvalue weighted by Crippen LogP contribution is 2.47. The fourth-order valence-corrected chi connectivity index (χ4v) is 4.32. The van der Waals surface area contributed by atoms with Crippen molar-refractivity contribution in [3.05, 3.63) is 23.5 Å². The first kappa shape index (κ1) is 28.6. The Bertz CT molecular complexity index is 906. The molecule has 2 rings (SSSR count). The average molecular weight is 517 g/mol. The van der Waals surface area contributed by atoms with Gasteiger partial charge < -0.3 is 28.8 Å². The van der Waals surface area contributed by atoms with E-state index in [2.05, 4.69) is 0 Å². The summed E-state index contributed by atoms with van der Waals surface area (Å²) in [4.78, 5) is 47.7. The van der Waals surface area contributed by atoms with Gasteiger partial charge in [0.05, 0.1) is 24.5 Å². The Morgan fingerprint density at radius 2 is 1.80 bits per heavy atom. The molecule has 0 amide bonds. The molecule has 4 atom stereocenters. The molecular weight excluding hydrogens is 484 g/mol. The highest BCUT2D eigenvalue weighted by Gasteiger charge is 2.58. The molecule has 0 aromatic rings. The monoisotopic (exact) mass is 516 g/mol. The van der Waals surface area contributed by atoms with Crippen molar-refractivity contribution in [3.63, 3.8) is 0 Å². The number of hydrogen-bond donors (Lipinski definition) is 1. The fourth-order valence-electron chi connectivity index (χ4n) is 4.00. The first-order chi connectivity index (χ1) is 16.2. The van der Waals surface area contributed by atoms with Crippen LogP contribution in [0.5, 0.6) is 0 Å². The number of alkyl halides is 1. The van der Waals surface area contributed by atoms with E-state index >= 15 is 0 Å². The van der Waals surface area contributed by atoms with Crippen molar-refractivity contribution in [2.45, 2.75) is 78.0 Å². The van der Waals surface area contributed by atoms with Gasteiger partial charge in [0.15, 0.2) is 6.10 Å². The Morgan fingerprint density at radius 3 is 2.34 bits per heavy atom. The molecule has 1 heterocycles. The molecule has 0 radical (unpaired) electrons. The van der Waals surface area contributed by atoms with Crippen LogP contribution in [0, 0.1) is 11.8 Å². The Labute approximate surface area is 209 Å². The molecule has 196 valence electrons. The van der Waals surface area contributed by atoms with Crippen LogP contribution in [0.15, 0.2) is 23.5 Å². The third-order valence-corrected chi connectivity index (χ3v) is 5.83. The highest BCUT2D eigenvalue weighted by atomic mass is 35.5. The van der Waals surface area contributed by atoms with Crippen LogP contribution < -0.4 is 0 Å².